The van der Waals surface area contributed by atoms with Crippen molar-refractivity contribution in [1.29, 1.82) is 0 Å². The number of carbonyl (C=O) groups is 1. The Balaban J connectivity index is 1.81. The monoisotopic (exact) mass is 311 g/mol. The zero-order chi connectivity index (χ0) is 13.0. The van der Waals surface area contributed by atoms with Crippen LogP contribution >= 0.6 is 15.9 Å². The number of alkyl halides is 1. The Labute approximate surface area is 116 Å². The van der Waals surface area contributed by atoms with Crippen LogP contribution in [0.25, 0.3) is 0 Å². The molecule has 0 aromatic heterocycles. The predicted molar refractivity (Wildman–Crippen MR) is 74.5 cm³/mol. The number of carbonyl (C=O) groups excluding carboxylic acids is 1. The Kier molecular flexibility index (Phi) is 4.78. The van der Waals surface area contributed by atoms with Crippen LogP contribution in [-0.2, 0) is 21.4 Å². The third-order valence-electron chi connectivity index (χ3n) is 3.17. The largest absolute Gasteiger partial charge is 0.365 e. The van der Waals surface area contributed by atoms with Crippen LogP contribution in [-0.4, -0.2) is 18.1 Å². The first-order chi connectivity index (χ1) is 8.69. The molecule has 18 heavy (non-hydrogen) atoms. The van der Waals surface area contributed by atoms with Gasteiger partial charge in [0.15, 0.2) is 0 Å². The first-order valence-electron chi connectivity index (χ1n) is 6.26. The molecule has 2 rings (SSSR count). The highest BCUT2D eigenvalue weighted by Gasteiger charge is 2.27. The molecule has 1 heterocycles. The van der Waals surface area contributed by atoms with Crippen LogP contribution in [0, 0.1) is 0 Å². The molecular formula is C14H18BrNO2. The van der Waals surface area contributed by atoms with Crippen LogP contribution < -0.4 is 5.32 Å². The van der Waals surface area contributed by atoms with Crippen LogP contribution in [0.5, 0.6) is 0 Å². The Morgan fingerprint density at radius 1 is 1.33 bits per heavy atom. The van der Waals surface area contributed by atoms with Crippen molar-refractivity contribution in [2.24, 2.45) is 0 Å². The van der Waals surface area contributed by atoms with E-state index in [9.17, 15) is 4.79 Å². The number of benzene rings is 1. The van der Waals surface area contributed by atoms with Crippen LogP contribution in [0.15, 0.2) is 24.3 Å². The molecule has 98 valence electrons. The molecule has 4 heteroatoms. The summed E-state index contributed by atoms with van der Waals surface area (Å²) in [6.07, 6.45) is 1.74. The maximum atomic E-state index is 11.8. The number of rotatable bonds is 4. The minimum Gasteiger partial charge on any atom is -0.365 e. The average molecular weight is 312 g/mol. The lowest BCUT2D eigenvalue weighted by Gasteiger charge is -2.11. The number of hydrogen-bond donors (Lipinski definition) is 1. The van der Waals surface area contributed by atoms with E-state index in [-0.39, 0.29) is 18.1 Å². The van der Waals surface area contributed by atoms with Crippen LogP contribution in [0.3, 0.4) is 0 Å². The summed E-state index contributed by atoms with van der Waals surface area (Å²) in [6.45, 7) is 2.57. The fourth-order valence-electron chi connectivity index (χ4n) is 2.04. The Morgan fingerprint density at radius 2 is 2.00 bits per heavy atom. The number of halogens is 1. The summed E-state index contributed by atoms with van der Waals surface area (Å²) in [7, 11) is 0. The van der Waals surface area contributed by atoms with Crippen molar-refractivity contribution >= 4 is 21.8 Å². The van der Waals surface area contributed by atoms with Crippen LogP contribution in [0.1, 0.15) is 30.9 Å². The van der Waals surface area contributed by atoms with Crippen molar-refractivity contribution in [3.63, 3.8) is 0 Å². The quantitative estimate of drug-likeness (QED) is 0.868. The van der Waals surface area contributed by atoms with Gasteiger partial charge in [0, 0.05) is 11.9 Å². The summed E-state index contributed by atoms with van der Waals surface area (Å²) >= 11 is 3.41. The second-order valence-corrected chi connectivity index (χ2v) is 5.24. The van der Waals surface area contributed by atoms with E-state index in [4.69, 9.17) is 4.74 Å². The molecule has 0 spiro atoms. The number of ether oxygens (including phenoxy) is 1. The molecular weight excluding hydrogens is 294 g/mol. The van der Waals surface area contributed by atoms with Crippen LogP contribution in [0.2, 0.25) is 0 Å². The van der Waals surface area contributed by atoms with Gasteiger partial charge in [0.25, 0.3) is 0 Å². The third kappa shape index (κ3) is 3.56. The van der Waals surface area contributed by atoms with Crippen LogP contribution in [0.4, 0.5) is 0 Å². The van der Waals surface area contributed by atoms with E-state index in [1.165, 1.54) is 5.56 Å². The normalized spacial score (nSPS) is 23.0. The van der Waals surface area contributed by atoms with Crippen molar-refractivity contribution in [2.45, 2.75) is 43.8 Å². The Morgan fingerprint density at radius 3 is 2.56 bits per heavy atom. The second kappa shape index (κ2) is 6.34. The molecule has 1 N–H and O–H groups in total. The highest BCUT2D eigenvalue weighted by atomic mass is 79.9. The van der Waals surface area contributed by atoms with Gasteiger partial charge in [0.2, 0.25) is 5.91 Å². The maximum Gasteiger partial charge on any atom is 0.249 e. The zero-order valence-electron chi connectivity index (χ0n) is 10.5. The first kappa shape index (κ1) is 13.6. The fraction of sp³-hybridized carbons (Fsp3) is 0.500. The summed E-state index contributed by atoms with van der Waals surface area (Å²) in [5.74, 6) is 0.00363. The zero-order valence-corrected chi connectivity index (χ0v) is 12.1. The number of hydrogen-bond acceptors (Lipinski definition) is 2. The molecule has 2 atom stereocenters. The van der Waals surface area contributed by atoms with E-state index in [0.717, 1.165) is 23.7 Å². The number of nitrogens with one attached hydrogen (secondary N) is 1. The van der Waals surface area contributed by atoms with Gasteiger partial charge in [0.1, 0.15) is 6.10 Å². The Bertz CT molecular complexity index is 405. The molecule has 0 saturated carbocycles. The van der Waals surface area contributed by atoms with Gasteiger partial charge in [-0.15, -0.1) is 0 Å². The smallest absolute Gasteiger partial charge is 0.249 e. The van der Waals surface area contributed by atoms with Gasteiger partial charge >= 0.3 is 0 Å². The highest BCUT2D eigenvalue weighted by molar-refractivity contribution is 9.08. The minimum atomic E-state index is -0.262. The minimum absolute atomic E-state index is 0.00363. The molecule has 1 fully saturated rings. The van der Waals surface area contributed by atoms with E-state index in [1.807, 2.05) is 19.1 Å². The Hall–Kier alpha value is -0.870. The molecule has 1 amide bonds. The summed E-state index contributed by atoms with van der Waals surface area (Å²) in [4.78, 5) is 11.8. The van der Waals surface area contributed by atoms with Crippen molar-refractivity contribution in [3.8, 4) is 0 Å². The topological polar surface area (TPSA) is 38.3 Å². The van der Waals surface area contributed by atoms with Gasteiger partial charge in [-0.05, 0) is 30.9 Å². The van der Waals surface area contributed by atoms with Gasteiger partial charge in [-0.25, -0.2) is 0 Å². The summed E-state index contributed by atoms with van der Waals surface area (Å²) in [5.41, 5.74) is 2.34. The molecule has 2 unspecified atom stereocenters. The van der Waals surface area contributed by atoms with Crippen molar-refractivity contribution < 1.29 is 9.53 Å². The van der Waals surface area contributed by atoms with Crippen molar-refractivity contribution in [3.05, 3.63) is 35.4 Å². The van der Waals surface area contributed by atoms with Gasteiger partial charge in [0.05, 0.1) is 6.10 Å². The standard InChI is InChI=1S/C14H18BrNO2/c1-10-2-7-13(18-10)14(17)16-9-12-5-3-11(8-15)4-6-12/h3-6,10,13H,2,7-9H2,1H3,(H,16,17). The molecule has 1 aliphatic heterocycles. The molecule has 0 aliphatic carbocycles. The lowest BCUT2D eigenvalue weighted by atomic mass is 10.1. The third-order valence-corrected chi connectivity index (χ3v) is 3.82. The molecule has 3 nitrogen and oxygen atoms in total. The van der Waals surface area contributed by atoms with Crippen molar-refractivity contribution in [1.82, 2.24) is 5.32 Å². The lowest BCUT2D eigenvalue weighted by Crippen LogP contribution is -2.34. The van der Waals surface area contributed by atoms with Gasteiger partial charge in [-0.2, -0.15) is 0 Å². The first-order valence-corrected chi connectivity index (χ1v) is 7.38. The van der Waals surface area contributed by atoms with E-state index in [2.05, 4.69) is 33.4 Å². The average Bonchev–Trinajstić information content (AvgIpc) is 2.83. The van der Waals surface area contributed by atoms with Crippen molar-refractivity contribution in [2.75, 3.05) is 0 Å². The molecule has 0 radical (unpaired) electrons. The van der Waals surface area contributed by atoms with E-state index in [1.54, 1.807) is 0 Å². The SMILES string of the molecule is CC1CCC(C(=O)NCc2ccc(CBr)cc2)O1. The van der Waals surface area contributed by atoms with Gasteiger partial charge < -0.3 is 10.1 Å². The lowest BCUT2D eigenvalue weighted by molar-refractivity contribution is -0.131. The predicted octanol–water partition coefficient (Wildman–Crippen LogP) is 2.77. The molecule has 1 saturated heterocycles. The van der Waals surface area contributed by atoms with E-state index in [0.29, 0.717) is 6.54 Å². The molecule has 1 aromatic carbocycles. The molecule has 1 aliphatic rings. The number of amides is 1. The summed E-state index contributed by atoms with van der Waals surface area (Å²) in [5, 5.41) is 3.78. The van der Waals surface area contributed by atoms with Gasteiger partial charge in [-0.1, -0.05) is 40.2 Å². The van der Waals surface area contributed by atoms with Gasteiger partial charge in [-0.3, -0.25) is 4.79 Å². The van der Waals surface area contributed by atoms with E-state index >= 15 is 0 Å². The fourth-order valence-corrected chi connectivity index (χ4v) is 2.42. The van der Waals surface area contributed by atoms with E-state index < -0.39 is 0 Å². The summed E-state index contributed by atoms with van der Waals surface area (Å²) in [6, 6.07) is 8.19. The second-order valence-electron chi connectivity index (χ2n) is 4.68. The highest BCUT2D eigenvalue weighted by Crippen LogP contribution is 2.19. The summed E-state index contributed by atoms with van der Waals surface area (Å²) < 4.78 is 5.53. The molecule has 1 aromatic rings. The maximum absolute atomic E-state index is 11.8. The molecule has 0 bridgehead atoms.